The number of thioether (sulfide) groups is 1. The first-order chi connectivity index (χ1) is 15.9. The maximum Gasteiger partial charge on any atom is 0.247 e. The molecule has 8 nitrogen and oxygen atoms in total. The highest BCUT2D eigenvalue weighted by atomic mass is 35.5. The number of hydrogen-bond donors (Lipinski definition) is 2. The number of piperidine rings is 1. The van der Waals surface area contributed by atoms with Crippen LogP contribution in [0.5, 0.6) is 11.5 Å². The number of nitrogens with one attached hydrogen (secondary N) is 2. The van der Waals surface area contributed by atoms with Gasteiger partial charge in [-0.3, -0.25) is 14.4 Å². The van der Waals surface area contributed by atoms with Crippen LogP contribution in [0.25, 0.3) is 0 Å². The molecule has 2 aromatic carbocycles. The summed E-state index contributed by atoms with van der Waals surface area (Å²) in [5, 5.41) is 5.14. The Kier molecular flexibility index (Phi) is 6.99. The number of anilines is 2. The number of carbonyl (C=O) groups is 3. The van der Waals surface area contributed by atoms with Gasteiger partial charge in [-0.2, -0.15) is 0 Å². The number of likely N-dealkylation sites (tertiary alicyclic amines) is 1. The fourth-order valence-electron chi connectivity index (χ4n) is 3.93. The van der Waals surface area contributed by atoms with Crippen LogP contribution in [0.2, 0.25) is 5.02 Å². The molecule has 3 amide bonds. The minimum Gasteiger partial charge on any atom is -0.497 e. The van der Waals surface area contributed by atoms with Gasteiger partial charge >= 0.3 is 0 Å². The van der Waals surface area contributed by atoms with Crippen molar-refractivity contribution >= 4 is 52.5 Å². The maximum atomic E-state index is 13.0. The summed E-state index contributed by atoms with van der Waals surface area (Å²) in [6.45, 7) is 0.798. The molecule has 2 aromatic rings. The third-order valence-electron chi connectivity index (χ3n) is 5.76. The molecular formula is C23H24ClN3O5S. The summed E-state index contributed by atoms with van der Waals surface area (Å²) in [6.07, 6.45) is 0.979. The number of benzene rings is 2. The van der Waals surface area contributed by atoms with Crippen molar-refractivity contribution in [3.05, 3.63) is 41.4 Å². The van der Waals surface area contributed by atoms with Crippen molar-refractivity contribution in [2.24, 2.45) is 5.92 Å². The lowest BCUT2D eigenvalue weighted by Gasteiger charge is -2.34. The smallest absolute Gasteiger partial charge is 0.247 e. The highest BCUT2D eigenvalue weighted by Crippen LogP contribution is 2.38. The Morgan fingerprint density at radius 3 is 2.58 bits per heavy atom. The van der Waals surface area contributed by atoms with Crippen molar-refractivity contribution in [3.63, 3.8) is 0 Å². The number of nitrogens with zero attached hydrogens (tertiary/aromatic N) is 1. The highest BCUT2D eigenvalue weighted by Gasteiger charge is 2.37. The summed E-state index contributed by atoms with van der Waals surface area (Å²) in [5.74, 6) is -0.0953. The second kappa shape index (κ2) is 9.93. The van der Waals surface area contributed by atoms with E-state index in [1.165, 1.54) is 26.0 Å². The van der Waals surface area contributed by atoms with E-state index in [-0.39, 0.29) is 23.6 Å². The SMILES string of the molecule is COc1cc(Cl)c(NC(=O)C2CCN(C(=O)[C@H]3Sc4ccccc4NC3=O)CC2)c(OC)c1. The van der Waals surface area contributed by atoms with Gasteiger partial charge in [0.2, 0.25) is 17.7 Å². The van der Waals surface area contributed by atoms with Crippen molar-refractivity contribution in [1.82, 2.24) is 4.90 Å². The third-order valence-corrected chi connectivity index (χ3v) is 7.32. The zero-order chi connectivity index (χ0) is 23.5. The first kappa shape index (κ1) is 23.3. The van der Waals surface area contributed by atoms with Crippen LogP contribution in [0.1, 0.15) is 12.8 Å². The summed E-state index contributed by atoms with van der Waals surface area (Å²) in [5.41, 5.74) is 1.11. The van der Waals surface area contributed by atoms with Crippen molar-refractivity contribution < 1.29 is 23.9 Å². The van der Waals surface area contributed by atoms with E-state index in [9.17, 15) is 14.4 Å². The van der Waals surface area contributed by atoms with E-state index in [1.54, 1.807) is 17.0 Å². The number of hydrogen-bond acceptors (Lipinski definition) is 6. The molecule has 0 bridgehead atoms. The molecule has 0 aliphatic carbocycles. The van der Waals surface area contributed by atoms with Crippen molar-refractivity contribution in [1.29, 1.82) is 0 Å². The van der Waals surface area contributed by atoms with E-state index in [4.69, 9.17) is 21.1 Å². The molecule has 2 heterocycles. The molecule has 0 spiro atoms. The normalized spacial score (nSPS) is 18.2. The van der Waals surface area contributed by atoms with Crippen molar-refractivity contribution in [2.75, 3.05) is 37.9 Å². The molecule has 10 heteroatoms. The Labute approximate surface area is 200 Å². The van der Waals surface area contributed by atoms with Gasteiger partial charge < -0.3 is 25.0 Å². The molecule has 2 aliphatic heterocycles. The predicted octanol–water partition coefficient (Wildman–Crippen LogP) is 3.65. The average Bonchev–Trinajstić information content (AvgIpc) is 2.84. The van der Waals surface area contributed by atoms with Gasteiger partial charge in [-0.15, -0.1) is 11.8 Å². The van der Waals surface area contributed by atoms with E-state index >= 15 is 0 Å². The highest BCUT2D eigenvalue weighted by molar-refractivity contribution is 8.01. The van der Waals surface area contributed by atoms with Gasteiger partial charge in [0.05, 0.1) is 24.9 Å². The molecule has 4 rings (SSSR count). The van der Waals surface area contributed by atoms with Gasteiger partial charge in [0, 0.05) is 36.0 Å². The number of rotatable bonds is 5. The number of methoxy groups -OCH3 is 2. The molecule has 1 saturated heterocycles. The standard InChI is InChI=1S/C23H24ClN3O5S/c1-31-14-11-15(24)19(17(12-14)32-2)26-21(28)13-7-9-27(10-8-13)23(30)20-22(29)25-16-5-3-4-6-18(16)33-20/h3-6,11-13,20H,7-10H2,1-2H3,(H,25,29)(H,26,28)/t20-/m0/s1. The van der Waals surface area contributed by atoms with Gasteiger partial charge in [0.15, 0.2) is 5.25 Å². The predicted molar refractivity (Wildman–Crippen MR) is 127 cm³/mol. The monoisotopic (exact) mass is 489 g/mol. The molecule has 0 unspecified atom stereocenters. The first-order valence-electron chi connectivity index (χ1n) is 10.5. The fraction of sp³-hybridized carbons (Fsp3) is 0.348. The molecule has 2 N–H and O–H groups in total. The van der Waals surface area contributed by atoms with E-state index in [0.29, 0.717) is 48.1 Å². The number of halogens is 1. The molecular weight excluding hydrogens is 466 g/mol. The zero-order valence-corrected chi connectivity index (χ0v) is 19.8. The van der Waals surface area contributed by atoms with Crippen LogP contribution in [0.15, 0.2) is 41.3 Å². The maximum absolute atomic E-state index is 13.0. The topological polar surface area (TPSA) is 97.0 Å². The zero-order valence-electron chi connectivity index (χ0n) is 18.2. The van der Waals surface area contributed by atoms with Crippen molar-refractivity contribution in [3.8, 4) is 11.5 Å². The van der Waals surface area contributed by atoms with Crippen LogP contribution in [-0.4, -0.2) is 55.2 Å². The van der Waals surface area contributed by atoms with Gasteiger partial charge in [-0.05, 0) is 25.0 Å². The molecule has 0 aromatic heterocycles. The molecule has 33 heavy (non-hydrogen) atoms. The number of ether oxygens (including phenoxy) is 2. The molecule has 174 valence electrons. The van der Waals surface area contributed by atoms with E-state index in [2.05, 4.69) is 10.6 Å². The summed E-state index contributed by atoms with van der Waals surface area (Å²) >= 11 is 7.57. The lowest BCUT2D eigenvalue weighted by atomic mass is 9.95. The average molecular weight is 490 g/mol. The minimum absolute atomic E-state index is 0.189. The van der Waals surface area contributed by atoms with Gasteiger partial charge in [-0.25, -0.2) is 0 Å². The van der Waals surface area contributed by atoms with E-state index < -0.39 is 5.25 Å². The first-order valence-corrected chi connectivity index (χ1v) is 11.7. The van der Waals surface area contributed by atoms with E-state index in [0.717, 1.165) is 10.6 Å². The number of fused-ring (bicyclic) bond motifs is 1. The van der Waals surface area contributed by atoms with Crippen LogP contribution < -0.4 is 20.1 Å². The molecule has 0 radical (unpaired) electrons. The van der Waals surface area contributed by atoms with Crippen LogP contribution in [0.4, 0.5) is 11.4 Å². The Bertz CT molecular complexity index is 1090. The Hall–Kier alpha value is -2.91. The lowest BCUT2D eigenvalue weighted by Crippen LogP contribution is -2.48. The number of carbonyl (C=O) groups excluding carboxylic acids is 3. The Balaban J connectivity index is 1.37. The summed E-state index contributed by atoms with van der Waals surface area (Å²) in [7, 11) is 3.01. The van der Waals surface area contributed by atoms with Gasteiger partial charge in [0.25, 0.3) is 0 Å². The van der Waals surface area contributed by atoms with Crippen LogP contribution in [0, 0.1) is 5.92 Å². The second-order valence-electron chi connectivity index (χ2n) is 7.76. The van der Waals surface area contributed by atoms with Crippen molar-refractivity contribution in [2.45, 2.75) is 23.0 Å². The summed E-state index contributed by atoms with van der Waals surface area (Å²) in [4.78, 5) is 40.9. The Morgan fingerprint density at radius 1 is 1.15 bits per heavy atom. The molecule has 0 saturated carbocycles. The van der Waals surface area contributed by atoms with Crippen LogP contribution in [0.3, 0.4) is 0 Å². The third kappa shape index (κ3) is 4.89. The lowest BCUT2D eigenvalue weighted by molar-refractivity contribution is -0.136. The molecule has 1 fully saturated rings. The molecule has 2 aliphatic rings. The largest absolute Gasteiger partial charge is 0.497 e. The van der Waals surface area contributed by atoms with Crippen LogP contribution >= 0.6 is 23.4 Å². The van der Waals surface area contributed by atoms with Crippen LogP contribution in [-0.2, 0) is 14.4 Å². The summed E-state index contributed by atoms with van der Waals surface area (Å²) < 4.78 is 10.5. The number of amides is 3. The molecule has 1 atom stereocenters. The van der Waals surface area contributed by atoms with E-state index in [1.807, 2.05) is 24.3 Å². The quantitative estimate of drug-likeness (QED) is 0.622. The fourth-order valence-corrected chi connectivity index (χ4v) is 5.25. The minimum atomic E-state index is -0.826. The number of para-hydroxylation sites is 1. The van der Waals surface area contributed by atoms with Gasteiger partial charge in [0.1, 0.15) is 17.2 Å². The summed E-state index contributed by atoms with van der Waals surface area (Å²) in [6, 6.07) is 10.7. The second-order valence-corrected chi connectivity index (χ2v) is 9.31. The Morgan fingerprint density at radius 2 is 1.88 bits per heavy atom. The van der Waals surface area contributed by atoms with Gasteiger partial charge in [-0.1, -0.05) is 23.7 Å².